The van der Waals surface area contributed by atoms with Crippen LogP contribution in [0, 0.1) is 0 Å². The van der Waals surface area contributed by atoms with Crippen molar-refractivity contribution in [2.24, 2.45) is 0 Å². The summed E-state index contributed by atoms with van der Waals surface area (Å²) in [7, 11) is 0. The highest BCUT2D eigenvalue weighted by Crippen LogP contribution is 2.21. The van der Waals surface area contributed by atoms with Gasteiger partial charge in [0.2, 0.25) is 0 Å². The third-order valence-corrected chi connectivity index (χ3v) is 2.37. The van der Waals surface area contributed by atoms with Crippen LogP contribution in [0.4, 0.5) is 11.6 Å². The molecule has 0 aromatic carbocycles. The van der Waals surface area contributed by atoms with Crippen molar-refractivity contribution in [2.45, 2.75) is 52.6 Å². The quantitative estimate of drug-likeness (QED) is 0.872. The van der Waals surface area contributed by atoms with E-state index in [-0.39, 0.29) is 11.1 Å². The Labute approximate surface area is 114 Å². The number of fused-ring (bicyclic) bond motifs is 1. The van der Waals surface area contributed by atoms with Crippen LogP contribution in [0.5, 0.6) is 0 Å². The van der Waals surface area contributed by atoms with E-state index in [9.17, 15) is 0 Å². The predicted molar refractivity (Wildman–Crippen MR) is 79.7 cm³/mol. The number of nitrogens with zero attached hydrogens (tertiary/aromatic N) is 3. The van der Waals surface area contributed by atoms with Crippen molar-refractivity contribution in [3.05, 3.63) is 18.3 Å². The molecule has 0 aliphatic heterocycles. The van der Waals surface area contributed by atoms with Gasteiger partial charge in [-0.1, -0.05) is 0 Å². The summed E-state index contributed by atoms with van der Waals surface area (Å²) in [4.78, 5) is 4.56. The number of rotatable bonds is 2. The molecular formula is C14H23N5. The lowest BCUT2D eigenvalue weighted by atomic mass is 10.1. The minimum absolute atomic E-state index is 0.0234. The summed E-state index contributed by atoms with van der Waals surface area (Å²) < 4.78 is 1.82. The number of hydrogen-bond acceptors (Lipinski definition) is 4. The van der Waals surface area contributed by atoms with Crippen molar-refractivity contribution >= 4 is 17.3 Å². The van der Waals surface area contributed by atoms with Gasteiger partial charge in [0, 0.05) is 23.2 Å². The molecule has 5 heteroatoms. The van der Waals surface area contributed by atoms with Crippen LogP contribution in [0.25, 0.3) is 5.65 Å². The Morgan fingerprint density at radius 1 is 1.00 bits per heavy atom. The van der Waals surface area contributed by atoms with E-state index in [2.05, 4.69) is 62.3 Å². The molecule has 0 radical (unpaired) electrons. The smallest absolute Gasteiger partial charge is 0.159 e. The molecule has 2 rings (SSSR count). The van der Waals surface area contributed by atoms with Crippen LogP contribution in [0.2, 0.25) is 0 Å². The molecule has 104 valence electrons. The topological polar surface area (TPSA) is 54.2 Å². The van der Waals surface area contributed by atoms with Crippen molar-refractivity contribution < 1.29 is 0 Å². The molecule has 0 saturated heterocycles. The maximum Gasteiger partial charge on any atom is 0.159 e. The van der Waals surface area contributed by atoms with Crippen LogP contribution in [0.15, 0.2) is 18.3 Å². The van der Waals surface area contributed by atoms with E-state index in [1.807, 2.05) is 16.6 Å². The fourth-order valence-electron chi connectivity index (χ4n) is 1.83. The lowest BCUT2D eigenvalue weighted by Crippen LogP contribution is -2.29. The minimum atomic E-state index is -0.0285. The van der Waals surface area contributed by atoms with Crippen LogP contribution in [0.1, 0.15) is 41.5 Å². The molecule has 5 nitrogen and oxygen atoms in total. The van der Waals surface area contributed by atoms with Crippen molar-refractivity contribution in [2.75, 3.05) is 10.6 Å². The summed E-state index contributed by atoms with van der Waals surface area (Å²) in [6.45, 7) is 12.7. The summed E-state index contributed by atoms with van der Waals surface area (Å²) >= 11 is 0. The molecule has 0 aliphatic rings. The van der Waals surface area contributed by atoms with Gasteiger partial charge >= 0.3 is 0 Å². The molecule has 0 fully saturated rings. The summed E-state index contributed by atoms with van der Waals surface area (Å²) in [6.07, 6.45) is 1.76. The Morgan fingerprint density at radius 3 is 2.21 bits per heavy atom. The highest BCUT2D eigenvalue weighted by Gasteiger charge is 2.16. The van der Waals surface area contributed by atoms with Gasteiger partial charge < -0.3 is 10.6 Å². The molecule has 0 spiro atoms. The average molecular weight is 261 g/mol. The van der Waals surface area contributed by atoms with Gasteiger partial charge in [-0.05, 0) is 41.5 Å². The van der Waals surface area contributed by atoms with Crippen molar-refractivity contribution in [1.82, 2.24) is 14.6 Å². The first-order valence-electron chi connectivity index (χ1n) is 6.55. The Balaban J connectivity index is 2.45. The summed E-state index contributed by atoms with van der Waals surface area (Å²) in [5.74, 6) is 1.79. The number of anilines is 2. The monoisotopic (exact) mass is 261 g/mol. The lowest BCUT2D eigenvalue weighted by molar-refractivity contribution is 0.622. The van der Waals surface area contributed by atoms with Gasteiger partial charge in [0.05, 0.1) is 6.20 Å². The molecule has 2 heterocycles. The fourth-order valence-corrected chi connectivity index (χ4v) is 1.83. The van der Waals surface area contributed by atoms with Crippen molar-refractivity contribution in [1.29, 1.82) is 0 Å². The maximum atomic E-state index is 4.56. The fraction of sp³-hybridized carbons (Fsp3) is 0.571. The van der Waals surface area contributed by atoms with Crippen LogP contribution >= 0.6 is 0 Å². The molecular weight excluding hydrogens is 238 g/mol. The second kappa shape index (κ2) is 4.40. The number of aromatic nitrogens is 3. The van der Waals surface area contributed by atoms with E-state index in [1.54, 1.807) is 6.20 Å². The van der Waals surface area contributed by atoms with Gasteiger partial charge in [-0.15, -0.1) is 0 Å². The molecule has 19 heavy (non-hydrogen) atoms. The first-order valence-corrected chi connectivity index (χ1v) is 6.55. The zero-order valence-electron chi connectivity index (χ0n) is 12.6. The van der Waals surface area contributed by atoms with E-state index in [4.69, 9.17) is 0 Å². The first kappa shape index (κ1) is 13.6. The van der Waals surface area contributed by atoms with Crippen LogP contribution in [-0.2, 0) is 0 Å². The molecule has 2 aromatic rings. The standard InChI is InChI=1S/C14H23N5/c1-13(2,3)17-10-9-12(18-14(4,5)6)19-11(16-10)7-8-15-19/h7-9,18H,1-6H3,(H,16,17). The molecule has 0 atom stereocenters. The molecule has 2 aromatic heterocycles. The van der Waals surface area contributed by atoms with Crippen molar-refractivity contribution in [3.63, 3.8) is 0 Å². The zero-order chi connectivity index (χ0) is 14.3. The van der Waals surface area contributed by atoms with E-state index in [0.29, 0.717) is 0 Å². The Morgan fingerprint density at radius 2 is 1.63 bits per heavy atom. The predicted octanol–water partition coefficient (Wildman–Crippen LogP) is 3.15. The largest absolute Gasteiger partial charge is 0.365 e. The third-order valence-electron chi connectivity index (χ3n) is 2.37. The zero-order valence-corrected chi connectivity index (χ0v) is 12.6. The molecule has 2 N–H and O–H groups in total. The first-order chi connectivity index (χ1) is 8.64. The average Bonchev–Trinajstić information content (AvgIpc) is 2.59. The second-order valence-corrected chi connectivity index (χ2v) is 6.88. The van der Waals surface area contributed by atoms with Crippen LogP contribution < -0.4 is 10.6 Å². The molecule has 0 bridgehead atoms. The second-order valence-electron chi connectivity index (χ2n) is 6.88. The number of hydrogen-bond donors (Lipinski definition) is 2. The highest BCUT2D eigenvalue weighted by molar-refractivity contribution is 5.58. The SMILES string of the molecule is CC(C)(C)Nc1cc(NC(C)(C)C)n2nccc2n1. The normalized spacial score (nSPS) is 12.7. The van der Waals surface area contributed by atoms with Crippen LogP contribution in [0.3, 0.4) is 0 Å². The van der Waals surface area contributed by atoms with Gasteiger partial charge in [-0.3, -0.25) is 0 Å². The molecule has 0 saturated carbocycles. The Bertz CT molecular complexity index is 572. The highest BCUT2D eigenvalue weighted by atomic mass is 15.3. The summed E-state index contributed by atoms with van der Waals surface area (Å²) in [5.41, 5.74) is 0.782. The van der Waals surface area contributed by atoms with Gasteiger partial charge in [0.25, 0.3) is 0 Å². The van der Waals surface area contributed by atoms with Gasteiger partial charge in [-0.2, -0.15) is 9.61 Å². The maximum absolute atomic E-state index is 4.56. The van der Waals surface area contributed by atoms with Gasteiger partial charge in [-0.25, -0.2) is 4.98 Å². The van der Waals surface area contributed by atoms with E-state index >= 15 is 0 Å². The summed E-state index contributed by atoms with van der Waals surface area (Å²) in [5, 5.41) is 11.2. The lowest BCUT2D eigenvalue weighted by Gasteiger charge is -2.25. The van der Waals surface area contributed by atoms with E-state index in [0.717, 1.165) is 17.3 Å². The molecule has 0 amide bonds. The molecule has 0 unspecified atom stereocenters. The Hall–Kier alpha value is -1.78. The Kier molecular flexibility index (Phi) is 3.16. The van der Waals surface area contributed by atoms with E-state index in [1.165, 1.54) is 0 Å². The number of nitrogens with one attached hydrogen (secondary N) is 2. The molecule has 0 aliphatic carbocycles. The van der Waals surface area contributed by atoms with E-state index < -0.39 is 0 Å². The minimum Gasteiger partial charge on any atom is -0.365 e. The van der Waals surface area contributed by atoms with Crippen molar-refractivity contribution in [3.8, 4) is 0 Å². The van der Waals surface area contributed by atoms with Gasteiger partial charge in [0.15, 0.2) is 5.65 Å². The summed E-state index contributed by atoms with van der Waals surface area (Å²) in [6, 6.07) is 3.90. The third kappa shape index (κ3) is 3.59. The van der Waals surface area contributed by atoms with Crippen LogP contribution in [-0.4, -0.2) is 25.7 Å². The van der Waals surface area contributed by atoms with Gasteiger partial charge in [0.1, 0.15) is 11.6 Å².